The fourth-order valence-corrected chi connectivity index (χ4v) is 4.26. The number of aromatic nitrogens is 2. The molecule has 0 radical (unpaired) electrons. The number of methoxy groups -OCH3 is 1. The molecule has 9 heteroatoms. The van der Waals surface area contributed by atoms with Gasteiger partial charge in [-0.1, -0.05) is 17.3 Å². The lowest BCUT2D eigenvalue weighted by Crippen LogP contribution is -2.34. The predicted molar refractivity (Wildman–Crippen MR) is 113 cm³/mol. The summed E-state index contributed by atoms with van der Waals surface area (Å²) in [5.74, 6) is 0.614. The number of hydrogen-bond donors (Lipinski definition) is 0. The van der Waals surface area contributed by atoms with Gasteiger partial charge in [0.25, 0.3) is 5.71 Å². The number of aryl methyl sites for hydroxylation is 1. The minimum atomic E-state index is -4.50. The zero-order valence-corrected chi connectivity index (χ0v) is 18.1. The molecule has 0 saturated carbocycles. The largest absolute Gasteiger partial charge is 0.491 e. The zero-order chi connectivity index (χ0) is 22.7. The van der Waals surface area contributed by atoms with E-state index in [4.69, 9.17) is 14.0 Å². The molecule has 0 spiro atoms. The Balaban J connectivity index is 1.53. The number of ether oxygens (including phenoxy) is 2. The molecule has 1 saturated heterocycles. The van der Waals surface area contributed by atoms with Gasteiger partial charge in [-0.3, -0.25) is 4.90 Å². The molecule has 1 fully saturated rings. The van der Waals surface area contributed by atoms with Crippen molar-refractivity contribution in [2.75, 3.05) is 33.4 Å². The standard InChI is InChI=1S/C23H26F3N3O3/c1-15-11-19(23(24,25)26)20-21(28-32-22(20)27-15)17-6-4-8-29(14-17)13-16-5-3-7-18(12-16)31-10-9-30-2/h3,5,7,11-12,17H,4,6,8-10,13-14H2,1-2H3. The summed E-state index contributed by atoms with van der Waals surface area (Å²) >= 11 is 0. The third-order valence-electron chi connectivity index (χ3n) is 5.66. The Morgan fingerprint density at radius 2 is 2.06 bits per heavy atom. The van der Waals surface area contributed by atoms with E-state index in [1.165, 1.54) is 6.92 Å². The average molecular weight is 449 g/mol. The number of piperidine rings is 1. The van der Waals surface area contributed by atoms with Crippen LogP contribution in [0.2, 0.25) is 0 Å². The van der Waals surface area contributed by atoms with Crippen LogP contribution < -0.4 is 4.74 Å². The lowest BCUT2D eigenvalue weighted by Gasteiger charge is -2.32. The number of likely N-dealkylation sites (tertiary alicyclic amines) is 1. The van der Waals surface area contributed by atoms with Gasteiger partial charge in [0, 0.05) is 31.8 Å². The molecule has 0 aliphatic carbocycles. The van der Waals surface area contributed by atoms with Crippen molar-refractivity contribution in [2.45, 2.75) is 38.4 Å². The van der Waals surface area contributed by atoms with Crippen LogP contribution in [0.1, 0.15) is 41.3 Å². The Morgan fingerprint density at radius 3 is 2.84 bits per heavy atom. The molecular formula is C23H26F3N3O3. The van der Waals surface area contributed by atoms with Crippen LogP contribution in [0.3, 0.4) is 0 Å². The fourth-order valence-electron chi connectivity index (χ4n) is 4.26. The average Bonchev–Trinajstić information content (AvgIpc) is 3.17. The fraction of sp³-hybridized carbons (Fsp3) is 0.478. The van der Waals surface area contributed by atoms with Gasteiger partial charge in [0.15, 0.2) is 0 Å². The first kappa shape index (κ1) is 22.5. The highest BCUT2D eigenvalue weighted by Crippen LogP contribution is 2.40. The Morgan fingerprint density at radius 1 is 1.22 bits per heavy atom. The molecule has 6 nitrogen and oxygen atoms in total. The smallest absolute Gasteiger partial charge is 0.417 e. The molecule has 172 valence electrons. The molecule has 0 amide bonds. The highest BCUT2D eigenvalue weighted by Gasteiger charge is 2.37. The number of halogens is 3. The SMILES string of the molecule is COCCOc1cccc(CN2CCCC(c3noc4nc(C)cc(C(F)(F)F)c34)C2)c1. The van der Waals surface area contributed by atoms with Gasteiger partial charge in [-0.2, -0.15) is 13.2 Å². The molecule has 3 heterocycles. The van der Waals surface area contributed by atoms with Crippen molar-refractivity contribution in [2.24, 2.45) is 0 Å². The van der Waals surface area contributed by atoms with Crippen LogP contribution >= 0.6 is 0 Å². The van der Waals surface area contributed by atoms with Gasteiger partial charge >= 0.3 is 6.18 Å². The minimum absolute atomic E-state index is 0.0107. The van der Waals surface area contributed by atoms with E-state index in [0.29, 0.717) is 32.0 Å². The zero-order valence-electron chi connectivity index (χ0n) is 18.1. The van der Waals surface area contributed by atoms with Crippen LogP contribution in [0, 0.1) is 6.92 Å². The van der Waals surface area contributed by atoms with E-state index >= 15 is 0 Å². The molecule has 0 bridgehead atoms. The third kappa shape index (κ3) is 5.05. The summed E-state index contributed by atoms with van der Waals surface area (Å²) < 4.78 is 57.0. The monoisotopic (exact) mass is 449 g/mol. The molecular weight excluding hydrogens is 423 g/mol. The summed E-state index contributed by atoms with van der Waals surface area (Å²) in [7, 11) is 1.62. The van der Waals surface area contributed by atoms with Crippen molar-refractivity contribution in [3.63, 3.8) is 0 Å². The van der Waals surface area contributed by atoms with Gasteiger partial charge in [0.1, 0.15) is 12.4 Å². The van der Waals surface area contributed by atoms with Crippen molar-refractivity contribution in [3.05, 3.63) is 52.8 Å². The summed E-state index contributed by atoms with van der Waals surface area (Å²) in [6.07, 6.45) is -2.88. The maximum atomic E-state index is 13.7. The quantitative estimate of drug-likeness (QED) is 0.476. The Hall–Kier alpha value is -2.65. The number of fused-ring (bicyclic) bond motifs is 1. The number of rotatable bonds is 7. The number of nitrogens with zero attached hydrogens (tertiary/aromatic N) is 3. The number of hydrogen-bond acceptors (Lipinski definition) is 6. The molecule has 0 N–H and O–H groups in total. The molecule has 4 rings (SSSR count). The van der Waals surface area contributed by atoms with Gasteiger partial charge in [-0.25, -0.2) is 4.98 Å². The maximum Gasteiger partial charge on any atom is 0.417 e. The van der Waals surface area contributed by atoms with Crippen molar-refractivity contribution in [1.29, 1.82) is 0 Å². The van der Waals surface area contributed by atoms with E-state index in [9.17, 15) is 13.2 Å². The van der Waals surface area contributed by atoms with Crippen LogP contribution in [0.4, 0.5) is 13.2 Å². The van der Waals surface area contributed by atoms with E-state index in [1.807, 2.05) is 24.3 Å². The lowest BCUT2D eigenvalue weighted by atomic mass is 9.91. The Kier molecular flexibility index (Phi) is 6.66. The third-order valence-corrected chi connectivity index (χ3v) is 5.66. The van der Waals surface area contributed by atoms with Gasteiger partial charge in [0.2, 0.25) is 0 Å². The molecule has 3 aromatic rings. The summed E-state index contributed by atoms with van der Waals surface area (Å²) in [4.78, 5) is 6.36. The van der Waals surface area contributed by atoms with Crippen LogP contribution in [-0.4, -0.2) is 48.5 Å². The van der Waals surface area contributed by atoms with Crippen molar-refractivity contribution in [3.8, 4) is 5.75 Å². The van der Waals surface area contributed by atoms with Gasteiger partial charge in [0.05, 0.1) is 23.3 Å². The van der Waals surface area contributed by atoms with Crippen molar-refractivity contribution >= 4 is 11.1 Å². The first-order chi connectivity index (χ1) is 15.3. The van der Waals surface area contributed by atoms with E-state index in [-0.39, 0.29) is 22.7 Å². The summed E-state index contributed by atoms with van der Waals surface area (Å²) in [5.41, 5.74) is 0.907. The van der Waals surface area contributed by atoms with Gasteiger partial charge < -0.3 is 14.0 Å². The van der Waals surface area contributed by atoms with Crippen molar-refractivity contribution < 1.29 is 27.2 Å². The Bertz CT molecular complexity index is 1070. The van der Waals surface area contributed by atoms with Gasteiger partial charge in [-0.05, 0) is 50.1 Å². The predicted octanol–water partition coefficient (Wildman–Crippen LogP) is 4.95. The summed E-state index contributed by atoms with van der Waals surface area (Å²) in [5, 5.41) is 4.02. The molecule has 1 atom stereocenters. The summed E-state index contributed by atoms with van der Waals surface area (Å²) in [6, 6.07) is 8.91. The van der Waals surface area contributed by atoms with E-state index in [2.05, 4.69) is 15.0 Å². The number of pyridine rings is 1. The first-order valence-electron chi connectivity index (χ1n) is 10.6. The highest BCUT2D eigenvalue weighted by atomic mass is 19.4. The van der Waals surface area contributed by atoms with E-state index < -0.39 is 11.7 Å². The summed E-state index contributed by atoms with van der Waals surface area (Å²) in [6.45, 7) is 4.65. The molecule has 32 heavy (non-hydrogen) atoms. The topological polar surface area (TPSA) is 60.6 Å². The van der Waals surface area contributed by atoms with Crippen LogP contribution in [0.25, 0.3) is 11.1 Å². The first-order valence-corrected chi connectivity index (χ1v) is 10.6. The van der Waals surface area contributed by atoms with E-state index in [0.717, 1.165) is 36.8 Å². The Labute approximate surface area is 184 Å². The minimum Gasteiger partial charge on any atom is -0.491 e. The highest BCUT2D eigenvalue weighted by molar-refractivity contribution is 5.81. The second-order valence-electron chi connectivity index (χ2n) is 8.12. The molecule has 1 aliphatic heterocycles. The normalized spacial score (nSPS) is 17.7. The van der Waals surface area contributed by atoms with Gasteiger partial charge in [-0.15, -0.1) is 0 Å². The lowest BCUT2D eigenvalue weighted by molar-refractivity contribution is -0.136. The molecule has 2 aromatic heterocycles. The molecule has 1 unspecified atom stereocenters. The van der Waals surface area contributed by atoms with Crippen LogP contribution in [-0.2, 0) is 17.5 Å². The van der Waals surface area contributed by atoms with Crippen molar-refractivity contribution in [1.82, 2.24) is 15.0 Å². The molecule has 1 aliphatic rings. The van der Waals surface area contributed by atoms with Crippen LogP contribution in [0.5, 0.6) is 5.75 Å². The molecule has 1 aromatic carbocycles. The maximum absolute atomic E-state index is 13.7. The number of alkyl halides is 3. The second kappa shape index (κ2) is 9.46. The van der Waals surface area contributed by atoms with Crippen LogP contribution in [0.15, 0.2) is 34.9 Å². The van der Waals surface area contributed by atoms with E-state index in [1.54, 1.807) is 7.11 Å². The second-order valence-corrected chi connectivity index (χ2v) is 8.12. The number of benzene rings is 1.